The molecule has 0 unspecified atom stereocenters. The Morgan fingerprint density at radius 1 is 1.13 bits per heavy atom. The van der Waals surface area contributed by atoms with Crippen molar-refractivity contribution in [3.8, 4) is 5.75 Å². The second-order valence-corrected chi connectivity index (χ2v) is 11.5. The second kappa shape index (κ2) is 10.7. The van der Waals surface area contributed by atoms with E-state index >= 15 is 0 Å². The molecule has 2 aromatic rings. The standard InChI is InChI=1S/C24H27F4N3O6S/c1-14(32)29-12-17-13-31(38(34,35)18-8-5-15(25)6-9-18)19-11-16(7-10-20(19)36-17)30-22(33)37-21(23(2,3)4)24(26,27)28/h5-11,17,21H,12-13H2,1-4H3,(H,29,32)(H,30,33)/t17-,21-/m0/s1. The lowest BCUT2D eigenvalue weighted by atomic mass is 9.88. The molecule has 0 fully saturated rings. The Labute approximate surface area is 217 Å². The van der Waals surface area contributed by atoms with Crippen molar-refractivity contribution in [1.29, 1.82) is 0 Å². The highest BCUT2D eigenvalue weighted by Gasteiger charge is 2.50. The molecule has 0 spiro atoms. The quantitative estimate of drug-likeness (QED) is 0.504. The summed E-state index contributed by atoms with van der Waals surface area (Å²) in [7, 11) is -4.29. The molecule has 3 rings (SSSR count). The maximum absolute atomic E-state index is 13.5. The van der Waals surface area contributed by atoms with Crippen LogP contribution in [0.1, 0.15) is 27.7 Å². The number of carbonyl (C=O) groups is 2. The van der Waals surface area contributed by atoms with Gasteiger partial charge in [-0.25, -0.2) is 17.6 Å². The largest absolute Gasteiger partial charge is 0.484 e. The molecule has 0 aliphatic carbocycles. The molecule has 208 valence electrons. The van der Waals surface area contributed by atoms with Gasteiger partial charge in [-0.3, -0.25) is 14.4 Å². The molecular weight excluding hydrogens is 534 g/mol. The third-order valence-electron chi connectivity index (χ3n) is 5.43. The van der Waals surface area contributed by atoms with Gasteiger partial charge in [0, 0.05) is 18.0 Å². The number of nitrogens with zero attached hydrogens (tertiary/aromatic N) is 1. The summed E-state index contributed by atoms with van der Waals surface area (Å²) in [6, 6.07) is 7.92. The zero-order valence-corrected chi connectivity index (χ0v) is 21.7. The van der Waals surface area contributed by atoms with Crippen LogP contribution in [0.4, 0.5) is 33.7 Å². The molecule has 9 nitrogen and oxygen atoms in total. The van der Waals surface area contributed by atoms with E-state index in [2.05, 4.69) is 15.4 Å². The van der Waals surface area contributed by atoms with Gasteiger partial charge in [-0.05, 0) is 42.5 Å². The first-order valence-electron chi connectivity index (χ1n) is 11.4. The van der Waals surface area contributed by atoms with Crippen molar-refractivity contribution in [1.82, 2.24) is 5.32 Å². The average molecular weight is 562 g/mol. The highest BCUT2D eigenvalue weighted by Crippen LogP contribution is 2.40. The number of alkyl halides is 3. The molecule has 0 saturated heterocycles. The highest BCUT2D eigenvalue weighted by atomic mass is 32.2. The number of ether oxygens (including phenoxy) is 2. The normalized spacial score (nSPS) is 16.6. The number of anilines is 2. The van der Waals surface area contributed by atoms with Crippen molar-refractivity contribution in [2.75, 3.05) is 22.7 Å². The Balaban J connectivity index is 1.94. The molecule has 2 aromatic carbocycles. The van der Waals surface area contributed by atoms with Gasteiger partial charge in [0.2, 0.25) is 12.0 Å². The Morgan fingerprint density at radius 3 is 2.32 bits per heavy atom. The van der Waals surface area contributed by atoms with Gasteiger partial charge < -0.3 is 14.8 Å². The second-order valence-electron chi connectivity index (χ2n) is 9.67. The number of hydrogen-bond donors (Lipinski definition) is 2. The van der Waals surface area contributed by atoms with Crippen molar-refractivity contribution < 1.29 is 45.0 Å². The summed E-state index contributed by atoms with van der Waals surface area (Å²) < 4.78 is 92.0. The van der Waals surface area contributed by atoms with Crippen molar-refractivity contribution in [3.05, 3.63) is 48.3 Å². The summed E-state index contributed by atoms with van der Waals surface area (Å²) in [6.45, 7) is 4.80. The first-order valence-corrected chi connectivity index (χ1v) is 12.8. The number of fused-ring (bicyclic) bond motifs is 1. The van der Waals surface area contributed by atoms with E-state index in [1.54, 1.807) is 0 Å². The van der Waals surface area contributed by atoms with E-state index in [9.17, 15) is 35.6 Å². The third-order valence-corrected chi connectivity index (χ3v) is 7.22. The Bertz CT molecular complexity index is 1280. The lowest BCUT2D eigenvalue weighted by Crippen LogP contribution is -2.48. The van der Waals surface area contributed by atoms with E-state index in [0.717, 1.165) is 28.6 Å². The monoisotopic (exact) mass is 561 g/mol. The van der Waals surface area contributed by atoms with Gasteiger partial charge >= 0.3 is 12.3 Å². The Hall–Kier alpha value is -3.55. The van der Waals surface area contributed by atoms with Crippen LogP contribution in [0.15, 0.2) is 47.4 Å². The smallest absolute Gasteiger partial charge is 0.426 e. The summed E-state index contributed by atoms with van der Waals surface area (Å²) in [6.07, 6.45) is -9.41. The van der Waals surface area contributed by atoms with E-state index in [-0.39, 0.29) is 41.0 Å². The Morgan fingerprint density at radius 2 is 1.76 bits per heavy atom. The number of nitrogens with one attached hydrogen (secondary N) is 2. The summed E-state index contributed by atoms with van der Waals surface area (Å²) in [4.78, 5) is 23.5. The van der Waals surface area contributed by atoms with Crippen LogP contribution in [-0.2, 0) is 19.6 Å². The van der Waals surface area contributed by atoms with Gasteiger partial charge in [-0.1, -0.05) is 20.8 Å². The van der Waals surface area contributed by atoms with Gasteiger partial charge in [0.25, 0.3) is 10.0 Å². The van der Waals surface area contributed by atoms with E-state index < -0.39 is 45.7 Å². The van der Waals surface area contributed by atoms with Gasteiger partial charge in [-0.15, -0.1) is 0 Å². The first-order chi connectivity index (χ1) is 17.5. The SMILES string of the molecule is CC(=O)NC[C@H]1CN(S(=O)(=O)c2ccc(F)cc2)c2cc(NC(=O)O[C@@H](C(C)(C)C)C(F)(F)F)ccc2O1. The summed E-state index contributed by atoms with van der Waals surface area (Å²) in [5, 5.41) is 4.74. The highest BCUT2D eigenvalue weighted by molar-refractivity contribution is 7.92. The summed E-state index contributed by atoms with van der Waals surface area (Å²) >= 11 is 0. The van der Waals surface area contributed by atoms with Crippen molar-refractivity contribution in [2.45, 2.75) is 51.0 Å². The minimum absolute atomic E-state index is 0.0256. The predicted octanol–water partition coefficient (Wildman–Crippen LogP) is 4.44. The van der Waals surface area contributed by atoms with Crippen LogP contribution < -0.4 is 19.7 Å². The molecule has 2 N–H and O–H groups in total. The van der Waals surface area contributed by atoms with Crippen LogP contribution in [0.25, 0.3) is 0 Å². The third kappa shape index (κ3) is 6.85. The molecule has 1 heterocycles. The minimum atomic E-state index is -4.82. The van der Waals surface area contributed by atoms with Gasteiger partial charge in [0.15, 0.2) is 0 Å². The molecule has 38 heavy (non-hydrogen) atoms. The molecule has 0 aromatic heterocycles. The molecule has 2 amide bonds. The Kier molecular flexibility index (Phi) is 8.15. The lowest BCUT2D eigenvalue weighted by molar-refractivity contribution is -0.229. The van der Waals surface area contributed by atoms with Crippen molar-refractivity contribution >= 4 is 33.4 Å². The van der Waals surface area contributed by atoms with Gasteiger partial charge in [0.1, 0.15) is 17.7 Å². The van der Waals surface area contributed by atoms with Crippen LogP contribution in [0.5, 0.6) is 5.75 Å². The maximum atomic E-state index is 13.5. The van der Waals surface area contributed by atoms with Crippen LogP contribution in [-0.4, -0.2) is 51.9 Å². The van der Waals surface area contributed by atoms with Crippen molar-refractivity contribution in [2.24, 2.45) is 5.41 Å². The van der Waals surface area contributed by atoms with Crippen LogP contribution in [0.3, 0.4) is 0 Å². The topological polar surface area (TPSA) is 114 Å². The zero-order valence-electron chi connectivity index (χ0n) is 20.9. The average Bonchev–Trinajstić information content (AvgIpc) is 2.79. The molecule has 0 saturated carbocycles. The molecule has 0 bridgehead atoms. The molecular formula is C24H27F4N3O6S. The summed E-state index contributed by atoms with van der Waals surface area (Å²) in [5.74, 6) is -0.941. The fourth-order valence-electron chi connectivity index (χ4n) is 3.70. The van der Waals surface area contributed by atoms with Crippen LogP contribution >= 0.6 is 0 Å². The number of carbonyl (C=O) groups excluding carboxylic acids is 2. The minimum Gasteiger partial charge on any atom is -0.484 e. The molecule has 0 radical (unpaired) electrons. The molecule has 14 heteroatoms. The molecule has 1 aliphatic heterocycles. The van der Waals surface area contributed by atoms with Gasteiger partial charge in [0.05, 0.1) is 23.7 Å². The van der Waals surface area contributed by atoms with Gasteiger partial charge in [-0.2, -0.15) is 13.2 Å². The number of rotatable bonds is 6. The van der Waals surface area contributed by atoms with Crippen LogP contribution in [0, 0.1) is 11.2 Å². The first kappa shape index (κ1) is 29.0. The number of sulfonamides is 1. The van der Waals surface area contributed by atoms with Crippen LogP contribution in [0.2, 0.25) is 0 Å². The summed E-state index contributed by atoms with van der Waals surface area (Å²) in [5.41, 5.74) is -1.54. The molecule has 2 atom stereocenters. The lowest BCUT2D eigenvalue weighted by Gasteiger charge is -2.36. The number of benzene rings is 2. The molecule has 1 aliphatic rings. The van der Waals surface area contributed by atoms with E-state index in [1.165, 1.54) is 45.9 Å². The fourth-order valence-corrected chi connectivity index (χ4v) is 5.20. The van der Waals surface area contributed by atoms with E-state index in [4.69, 9.17) is 4.74 Å². The maximum Gasteiger partial charge on any atom is 0.426 e. The number of halogens is 4. The number of amides is 2. The predicted molar refractivity (Wildman–Crippen MR) is 130 cm³/mol. The van der Waals surface area contributed by atoms with E-state index in [0.29, 0.717) is 0 Å². The van der Waals surface area contributed by atoms with Crippen molar-refractivity contribution in [3.63, 3.8) is 0 Å². The fraction of sp³-hybridized carbons (Fsp3) is 0.417. The number of hydrogen-bond acceptors (Lipinski definition) is 6. The van der Waals surface area contributed by atoms with E-state index in [1.807, 2.05) is 0 Å². The zero-order chi connectivity index (χ0) is 28.5.